The van der Waals surface area contributed by atoms with Gasteiger partial charge in [-0.1, -0.05) is 30.4 Å². The van der Waals surface area contributed by atoms with Crippen LogP contribution in [0.5, 0.6) is 0 Å². The number of rotatable bonds is 4. The van der Waals surface area contributed by atoms with E-state index in [0.29, 0.717) is 17.7 Å². The first kappa shape index (κ1) is 15.0. The average Bonchev–Trinajstić information content (AvgIpc) is 2.44. The molecule has 0 aromatic heterocycles. The van der Waals surface area contributed by atoms with Crippen LogP contribution in [0.15, 0.2) is 24.3 Å². The fourth-order valence-corrected chi connectivity index (χ4v) is 3.20. The van der Waals surface area contributed by atoms with Crippen LogP contribution in [0, 0.1) is 11.8 Å². The van der Waals surface area contributed by atoms with E-state index in [0.717, 1.165) is 0 Å². The van der Waals surface area contributed by atoms with Crippen molar-refractivity contribution >= 4 is 17.7 Å². The number of hydrogen-bond acceptors (Lipinski definition) is 3. The zero-order valence-corrected chi connectivity index (χ0v) is 12.4. The fraction of sp³-hybridized carbons (Fsp3) is 0.438. The summed E-state index contributed by atoms with van der Waals surface area (Å²) < 4.78 is 0.224. The molecule has 20 heavy (non-hydrogen) atoms. The molecule has 1 amide bonds. The summed E-state index contributed by atoms with van der Waals surface area (Å²) >= 11 is 1.84. The van der Waals surface area contributed by atoms with Gasteiger partial charge in [-0.3, -0.25) is 4.79 Å². The number of nitrogens with one attached hydrogen (secondary N) is 1. The van der Waals surface area contributed by atoms with E-state index in [1.807, 2.05) is 23.9 Å². The summed E-state index contributed by atoms with van der Waals surface area (Å²) in [5.74, 6) is 5.31. The summed E-state index contributed by atoms with van der Waals surface area (Å²) in [6, 6.07) is 7.23. The molecule has 0 heterocycles. The van der Waals surface area contributed by atoms with E-state index in [4.69, 9.17) is 5.11 Å². The van der Waals surface area contributed by atoms with E-state index in [2.05, 4.69) is 23.4 Å². The number of thioether (sulfide) groups is 1. The van der Waals surface area contributed by atoms with Gasteiger partial charge < -0.3 is 10.4 Å². The third-order valence-corrected chi connectivity index (χ3v) is 5.16. The lowest BCUT2D eigenvalue weighted by Gasteiger charge is -2.40. The van der Waals surface area contributed by atoms with Gasteiger partial charge in [0.15, 0.2) is 0 Å². The van der Waals surface area contributed by atoms with E-state index < -0.39 is 0 Å². The summed E-state index contributed by atoms with van der Waals surface area (Å²) in [5, 5.41) is 11.8. The lowest BCUT2D eigenvalue weighted by Crippen LogP contribution is -2.45. The number of hydrogen-bond donors (Lipinski definition) is 2. The number of aliphatic hydroxyl groups excluding tert-OH is 1. The second kappa shape index (κ2) is 6.83. The minimum atomic E-state index is -0.203. The Bertz CT molecular complexity index is 535. The van der Waals surface area contributed by atoms with Crippen LogP contribution in [-0.2, 0) is 0 Å². The third-order valence-electron chi connectivity index (χ3n) is 3.74. The van der Waals surface area contributed by atoms with Crippen LogP contribution in [-0.4, -0.2) is 35.2 Å². The van der Waals surface area contributed by atoms with Crippen LogP contribution in [0.4, 0.5) is 0 Å². The molecule has 0 bridgehead atoms. The normalized spacial score (nSPS) is 15.7. The van der Waals surface area contributed by atoms with E-state index in [9.17, 15) is 4.79 Å². The Balaban J connectivity index is 2.05. The van der Waals surface area contributed by atoms with Gasteiger partial charge in [0, 0.05) is 16.9 Å². The summed E-state index contributed by atoms with van der Waals surface area (Å²) in [5.41, 5.74) is 1.23. The minimum Gasteiger partial charge on any atom is -0.384 e. The van der Waals surface area contributed by atoms with E-state index in [1.165, 1.54) is 19.3 Å². The molecule has 1 aromatic carbocycles. The van der Waals surface area contributed by atoms with Gasteiger partial charge in [-0.05, 0) is 31.2 Å². The second-order valence-corrected chi connectivity index (χ2v) is 6.20. The van der Waals surface area contributed by atoms with Crippen molar-refractivity contribution in [3.8, 4) is 11.8 Å². The van der Waals surface area contributed by atoms with Gasteiger partial charge in [-0.15, -0.1) is 0 Å². The van der Waals surface area contributed by atoms with Gasteiger partial charge in [0.1, 0.15) is 6.61 Å². The van der Waals surface area contributed by atoms with Crippen LogP contribution in [0.3, 0.4) is 0 Å². The molecule has 0 radical (unpaired) electrons. The van der Waals surface area contributed by atoms with E-state index >= 15 is 0 Å². The highest BCUT2D eigenvalue weighted by molar-refractivity contribution is 8.00. The van der Waals surface area contributed by atoms with Gasteiger partial charge in [-0.25, -0.2) is 0 Å². The maximum Gasteiger partial charge on any atom is 0.252 e. The Morgan fingerprint density at radius 3 is 2.80 bits per heavy atom. The molecule has 0 aliphatic heterocycles. The highest BCUT2D eigenvalue weighted by atomic mass is 32.2. The van der Waals surface area contributed by atoms with Crippen molar-refractivity contribution in [2.75, 3.05) is 19.4 Å². The molecule has 1 aliphatic rings. The molecule has 3 nitrogen and oxygen atoms in total. The highest BCUT2D eigenvalue weighted by Gasteiger charge is 2.36. The zero-order chi connectivity index (χ0) is 14.4. The summed E-state index contributed by atoms with van der Waals surface area (Å²) in [4.78, 5) is 12.3. The van der Waals surface area contributed by atoms with Crippen LogP contribution in [0.2, 0.25) is 0 Å². The molecule has 2 rings (SSSR count). The molecule has 0 atom stereocenters. The van der Waals surface area contributed by atoms with Gasteiger partial charge in [0.2, 0.25) is 0 Å². The molecule has 2 N–H and O–H groups in total. The van der Waals surface area contributed by atoms with Crippen LogP contribution in [0.25, 0.3) is 0 Å². The lowest BCUT2D eigenvalue weighted by atomic mass is 9.84. The predicted molar refractivity (Wildman–Crippen MR) is 82.8 cm³/mol. The second-order valence-electron chi connectivity index (χ2n) is 4.93. The van der Waals surface area contributed by atoms with Gasteiger partial charge in [0.25, 0.3) is 5.91 Å². The molecule has 0 spiro atoms. The Morgan fingerprint density at radius 2 is 2.20 bits per heavy atom. The van der Waals surface area contributed by atoms with Crippen molar-refractivity contribution in [1.29, 1.82) is 0 Å². The van der Waals surface area contributed by atoms with Crippen molar-refractivity contribution in [3.05, 3.63) is 35.4 Å². The molecule has 1 aliphatic carbocycles. The highest BCUT2D eigenvalue weighted by Crippen LogP contribution is 2.42. The molecule has 0 saturated heterocycles. The molecule has 4 heteroatoms. The molecule has 1 fully saturated rings. The summed E-state index contributed by atoms with van der Waals surface area (Å²) in [7, 11) is 0. The van der Waals surface area contributed by atoms with Crippen molar-refractivity contribution in [2.24, 2.45) is 0 Å². The number of carbonyl (C=O) groups is 1. The number of aliphatic hydroxyl groups is 1. The third kappa shape index (κ3) is 3.36. The first-order valence-electron chi connectivity index (χ1n) is 6.73. The van der Waals surface area contributed by atoms with Crippen molar-refractivity contribution < 1.29 is 9.90 Å². The quantitative estimate of drug-likeness (QED) is 0.834. The lowest BCUT2D eigenvalue weighted by molar-refractivity contribution is 0.0943. The van der Waals surface area contributed by atoms with E-state index in [-0.39, 0.29) is 17.3 Å². The first-order chi connectivity index (χ1) is 9.71. The Morgan fingerprint density at radius 1 is 1.45 bits per heavy atom. The fourth-order valence-electron chi connectivity index (χ4n) is 2.29. The van der Waals surface area contributed by atoms with Gasteiger partial charge >= 0.3 is 0 Å². The van der Waals surface area contributed by atoms with Crippen LogP contribution < -0.4 is 5.32 Å². The topological polar surface area (TPSA) is 49.3 Å². The standard InChI is InChI=1S/C16H19NO2S/c1-20-16(9-5-10-16)12-17-15(19)14-8-3-2-6-13(14)7-4-11-18/h2-3,6,8,18H,5,9-12H2,1H3,(H,17,19). The van der Waals surface area contributed by atoms with Crippen molar-refractivity contribution in [2.45, 2.75) is 24.0 Å². The predicted octanol–water partition coefficient (Wildman–Crippen LogP) is 2.05. The van der Waals surface area contributed by atoms with Gasteiger partial charge in [-0.2, -0.15) is 11.8 Å². The van der Waals surface area contributed by atoms with Crippen LogP contribution >= 0.6 is 11.8 Å². The Kier molecular flexibility index (Phi) is 5.11. The molecule has 0 unspecified atom stereocenters. The zero-order valence-electron chi connectivity index (χ0n) is 11.6. The maximum atomic E-state index is 12.3. The number of carbonyl (C=O) groups excluding carboxylic acids is 1. The number of benzene rings is 1. The summed E-state index contributed by atoms with van der Waals surface area (Å²) in [6.07, 6.45) is 5.68. The van der Waals surface area contributed by atoms with E-state index in [1.54, 1.807) is 12.1 Å². The monoisotopic (exact) mass is 289 g/mol. The Hall–Kier alpha value is -1.44. The minimum absolute atomic E-state index is 0.0897. The maximum absolute atomic E-state index is 12.3. The van der Waals surface area contributed by atoms with Crippen LogP contribution in [0.1, 0.15) is 35.2 Å². The molecular formula is C16H19NO2S. The molecule has 1 aromatic rings. The molecular weight excluding hydrogens is 270 g/mol. The smallest absolute Gasteiger partial charge is 0.252 e. The average molecular weight is 289 g/mol. The SMILES string of the molecule is CSC1(CNC(=O)c2ccccc2C#CCO)CCC1. The largest absolute Gasteiger partial charge is 0.384 e. The molecule has 1 saturated carbocycles. The Labute approximate surface area is 124 Å². The molecule has 106 valence electrons. The van der Waals surface area contributed by atoms with Crippen molar-refractivity contribution in [3.63, 3.8) is 0 Å². The van der Waals surface area contributed by atoms with Crippen molar-refractivity contribution in [1.82, 2.24) is 5.32 Å². The van der Waals surface area contributed by atoms with Gasteiger partial charge in [0.05, 0.1) is 5.56 Å². The first-order valence-corrected chi connectivity index (χ1v) is 7.95. The summed E-state index contributed by atoms with van der Waals surface area (Å²) in [6.45, 7) is 0.500. The number of amides is 1.